The highest BCUT2D eigenvalue weighted by Gasteiger charge is 2.06. The highest BCUT2D eigenvalue weighted by molar-refractivity contribution is 5.98. The zero-order valence-electron chi connectivity index (χ0n) is 11.1. The van der Waals surface area contributed by atoms with Crippen LogP contribution >= 0.6 is 0 Å². The van der Waals surface area contributed by atoms with Crippen molar-refractivity contribution < 1.29 is 9.94 Å². The smallest absolute Gasteiger partial charge is 0.121 e. The second kappa shape index (κ2) is 6.05. The number of nitrogens with zero attached hydrogens (tertiary/aromatic N) is 1. The Morgan fingerprint density at radius 3 is 2.26 bits per heavy atom. The average molecular weight is 255 g/mol. The van der Waals surface area contributed by atoms with Crippen molar-refractivity contribution in [3.63, 3.8) is 0 Å². The number of ether oxygens (including phenoxy) is 1. The first-order valence-electron chi connectivity index (χ1n) is 6.21. The van der Waals surface area contributed by atoms with Crippen LogP contribution in [0.5, 0.6) is 5.75 Å². The lowest BCUT2D eigenvalue weighted by molar-refractivity contribution is 0.227. The minimum atomic E-state index is -0.000319. The van der Waals surface area contributed by atoms with Crippen molar-refractivity contribution in [2.45, 2.75) is 20.0 Å². The molecule has 0 aliphatic carbocycles. The Morgan fingerprint density at radius 1 is 1.05 bits per heavy atom. The lowest BCUT2D eigenvalue weighted by Crippen LogP contribution is -2.03. The van der Waals surface area contributed by atoms with Crippen molar-refractivity contribution in [3.8, 4) is 5.75 Å². The third-order valence-corrected chi connectivity index (χ3v) is 3.00. The zero-order chi connectivity index (χ0) is 13.7. The highest BCUT2D eigenvalue weighted by Crippen LogP contribution is 2.21. The molecule has 19 heavy (non-hydrogen) atoms. The molecule has 0 spiro atoms. The lowest BCUT2D eigenvalue weighted by atomic mass is 10.1. The first-order valence-corrected chi connectivity index (χ1v) is 6.21. The van der Waals surface area contributed by atoms with Gasteiger partial charge in [0.05, 0.1) is 5.71 Å². The van der Waals surface area contributed by atoms with Crippen LogP contribution < -0.4 is 4.74 Å². The summed E-state index contributed by atoms with van der Waals surface area (Å²) in [4.78, 5) is 0. The molecule has 2 aromatic carbocycles. The second-order valence-corrected chi connectivity index (χ2v) is 4.38. The Morgan fingerprint density at radius 2 is 1.68 bits per heavy atom. The molecule has 2 rings (SSSR count). The van der Waals surface area contributed by atoms with E-state index in [1.54, 1.807) is 6.92 Å². The van der Waals surface area contributed by atoms with Crippen molar-refractivity contribution >= 4 is 5.71 Å². The van der Waals surface area contributed by atoms with Gasteiger partial charge in [-0.2, -0.15) is 0 Å². The maximum Gasteiger partial charge on any atom is 0.121 e. The van der Waals surface area contributed by atoms with E-state index in [1.165, 1.54) is 0 Å². The number of oxime groups is 1. The van der Waals surface area contributed by atoms with Crippen molar-refractivity contribution in [2.24, 2.45) is 5.16 Å². The third kappa shape index (κ3) is 3.35. The minimum Gasteiger partial charge on any atom is -0.486 e. The zero-order valence-corrected chi connectivity index (χ0v) is 11.1. The molecular formula is C16H17NO2. The van der Waals surface area contributed by atoms with Crippen LogP contribution in [0.2, 0.25) is 0 Å². The Labute approximate surface area is 113 Å². The topological polar surface area (TPSA) is 41.8 Å². The summed E-state index contributed by atoms with van der Waals surface area (Å²) in [6.07, 6.45) is -0.000319. The van der Waals surface area contributed by atoms with Crippen LogP contribution in [0.3, 0.4) is 0 Å². The molecule has 0 bridgehead atoms. The summed E-state index contributed by atoms with van der Waals surface area (Å²) < 4.78 is 5.87. The van der Waals surface area contributed by atoms with E-state index in [9.17, 15) is 0 Å². The Balaban J connectivity index is 2.08. The van der Waals surface area contributed by atoms with Crippen molar-refractivity contribution in [1.29, 1.82) is 0 Å². The fourth-order valence-electron chi connectivity index (χ4n) is 1.83. The first kappa shape index (κ1) is 13.1. The van der Waals surface area contributed by atoms with E-state index < -0.39 is 0 Å². The predicted octanol–water partition coefficient (Wildman–Crippen LogP) is 4.02. The summed E-state index contributed by atoms with van der Waals surface area (Å²) in [5.74, 6) is 0.797. The number of hydrogen-bond donors (Lipinski definition) is 1. The molecule has 0 saturated carbocycles. The summed E-state index contributed by atoms with van der Waals surface area (Å²) in [6, 6.07) is 17.6. The van der Waals surface area contributed by atoms with Gasteiger partial charge in [0, 0.05) is 0 Å². The molecule has 1 unspecified atom stereocenters. The van der Waals surface area contributed by atoms with Crippen LogP contribution in [0.25, 0.3) is 0 Å². The van der Waals surface area contributed by atoms with Gasteiger partial charge in [0.15, 0.2) is 0 Å². The van der Waals surface area contributed by atoms with Crippen LogP contribution in [0, 0.1) is 0 Å². The van der Waals surface area contributed by atoms with E-state index in [1.807, 2.05) is 61.5 Å². The summed E-state index contributed by atoms with van der Waals surface area (Å²) >= 11 is 0. The predicted molar refractivity (Wildman–Crippen MR) is 75.9 cm³/mol. The molecule has 0 radical (unpaired) electrons. The number of hydrogen-bond acceptors (Lipinski definition) is 3. The van der Waals surface area contributed by atoms with E-state index >= 15 is 0 Å². The molecule has 0 aliphatic rings. The quantitative estimate of drug-likeness (QED) is 0.509. The molecular weight excluding hydrogens is 238 g/mol. The largest absolute Gasteiger partial charge is 0.486 e. The summed E-state index contributed by atoms with van der Waals surface area (Å²) in [7, 11) is 0. The summed E-state index contributed by atoms with van der Waals surface area (Å²) in [5.41, 5.74) is 2.60. The molecule has 0 heterocycles. The Hall–Kier alpha value is -2.29. The molecule has 3 nitrogen and oxygen atoms in total. The summed E-state index contributed by atoms with van der Waals surface area (Å²) in [6.45, 7) is 3.77. The number of benzene rings is 2. The fraction of sp³-hybridized carbons (Fsp3) is 0.188. The molecule has 0 amide bonds. The van der Waals surface area contributed by atoms with Gasteiger partial charge in [0.1, 0.15) is 11.9 Å². The van der Waals surface area contributed by atoms with Gasteiger partial charge in [-0.1, -0.05) is 35.5 Å². The molecule has 0 saturated heterocycles. The van der Waals surface area contributed by atoms with Crippen LogP contribution in [0.1, 0.15) is 31.1 Å². The summed E-state index contributed by atoms with van der Waals surface area (Å²) in [5, 5.41) is 11.9. The van der Waals surface area contributed by atoms with Crippen molar-refractivity contribution in [2.75, 3.05) is 0 Å². The van der Waals surface area contributed by atoms with Gasteiger partial charge in [-0.05, 0) is 49.2 Å². The standard InChI is InChI=1S/C16H17NO2/c1-12(17-18)14-8-10-16(11-9-14)19-13(2)15-6-4-3-5-7-15/h3-11,13,18H,1-2H3. The molecule has 2 aromatic rings. The normalized spacial score (nSPS) is 13.1. The molecule has 0 aromatic heterocycles. The maximum atomic E-state index is 8.71. The van der Waals surface area contributed by atoms with E-state index in [0.29, 0.717) is 5.71 Å². The van der Waals surface area contributed by atoms with Crippen LogP contribution in [0.15, 0.2) is 59.8 Å². The van der Waals surface area contributed by atoms with Crippen molar-refractivity contribution in [1.82, 2.24) is 0 Å². The van der Waals surface area contributed by atoms with Gasteiger partial charge in [-0.25, -0.2) is 0 Å². The second-order valence-electron chi connectivity index (χ2n) is 4.38. The third-order valence-electron chi connectivity index (χ3n) is 3.00. The Bertz CT molecular complexity index is 547. The first-order chi connectivity index (χ1) is 9.20. The van der Waals surface area contributed by atoms with Gasteiger partial charge < -0.3 is 9.94 Å². The van der Waals surface area contributed by atoms with Crippen LogP contribution in [-0.2, 0) is 0 Å². The van der Waals surface area contributed by atoms with E-state index in [-0.39, 0.29) is 6.10 Å². The number of rotatable bonds is 4. The SMILES string of the molecule is CC(=NO)c1ccc(OC(C)c2ccccc2)cc1. The van der Waals surface area contributed by atoms with E-state index in [2.05, 4.69) is 5.16 Å². The van der Waals surface area contributed by atoms with Gasteiger partial charge in [-0.3, -0.25) is 0 Å². The molecule has 0 fully saturated rings. The molecule has 0 aliphatic heterocycles. The van der Waals surface area contributed by atoms with E-state index in [4.69, 9.17) is 9.94 Å². The van der Waals surface area contributed by atoms with Crippen LogP contribution in [-0.4, -0.2) is 10.9 Å². The lowest BCUT2D eigenvalue weighted by Gasteiger charge is -2.15. The molecule has 3 heteroatoms. The van der Waals surface area contributed by atoms with Gasteiger partial charge in [0.25, 0.3) is 0 Å². The van der Waals surface area contributed by atoms with Gasteiger partial charge in [0.2, 0.25) is 0 Å². The highest BCUT2D eigenvalue weighted by atomic mass is 16.5. The van der Waals surface area contributed by atoms with Gasteiger partial charge >= 0.3 is 0 Å². The minimum absolute atomic E-state index is 0.000319. The fourth-order valence-corrected chi connectivity index (χ4v) is 1.83. The average Bonchev–Trinajstić information content (AvgIpc) is 2.48. The van der Waals surface area contributed by atoms with Crippen LogP contribution in [0.4, 0.5) is 0 Å². The molecule has 1 N–H and O–H groups in total. The maximum absolute atomic E-state index is 8.71. The van der Waals surface area contributed by atoms with Gasteiger partial charge in [-0.15, -0.1) is 0 Å². The van der Waals surface area contributed by atoms with E-state index in [0.717, 1.165) is 16.9 Å². The molecule has 1 atom stereocenters. The van der Waals surface area contributed by atoms with Crippen molar-refractivity contribution in [3.05, 3.63) is 65.7 Å². The Kier molecular flexibility index (Phi) is 4.18. The monoisotopic (exact) mass is 255 g/mol. The molecule has 98 valence electrons.